The number of phosphoric ester groups is 1. The molecule has 0 aliphatic rings. The second-order valence-electron chi connectivity index (χ2n) is 18.4. The Labute approximate surface area is 401 Å². The number of ether oxygens (including phenoxy) is 2. The van der Waals surface area contributed by atoms with Gasteiger partial charge in [0.25, 0.3) is 0 Å². The second-order valence-corrected chi connectivity index (χ2v) is 19.9. The van der Waals surface area contributed by atoms with Gasteiger partial charge in [0.15, 0.2) is 6.10 Å². The van der Waals surface area contributed by atoms with Gasteiger partial charge < -0.3 is 20.1 Å². The van der Waals surface area contributed by atoms with Crippen LogP contribution in [0.4, 0.5) is 0 Å². The molecule has 0 radical (unpaired) electrons. The van der Waals surface area contributed by atoms with Crippen molar-refractivity contribution in [2.75, 3.05) is 26.4 Å². The maximum atomic E-state index is 12.7. The van der Waals surface area contributed by atoms with Crippen LogP contribution in [0.1, 0.15) is 271 Å². The minimum atomic E-state index is -4.38. The predicted molar refractivity (Wildman–Crippen MR) is 275 cm³/mol. The van der Waals surface area contributed by atoms with Crippen molar-refractivity contribution in [2.24, 2.45) is 5.73 Å². The van der Waals surface area contributed by atoms with Crippen molar-refractivity contribution < 1.29 is 37.6 Å². The molecule has 0 amide bonds. The van der Waals surface area contributed by atoms with Crippen LogP contribution in [0.15, 0.2) is 36.5 Å². The first-order chi connectivity index (χ1) is 31.8. The van der Waals surface area contributed by atoms with Crippen molar-refractivity contribution >= 4 is 19.8 Å². The molecular formula is C55H104NO8P. The Kier molecular flexibility index (Phi) is 50.2. The average molecular weight is 938 g/mol. The lowest BCUT2D eigenvalue weighted by atomic mass is 10.0. The molecule has 0 aromatic heterocycles. The molecule has 2 unspecified atom stereocenters. The van der Waals surface area contributed by atoms with E-state index in [0.717, 1.165) is 51.4 Å². The fraction of sp³-hybridized carbons (Fsp3) is 0.855. The molecule has 0 aliphatic carbocycles. The van der Waals surface area contributed by atoms with E-state index >= 15 is 0 Å². The number of hydrogen-bond acceptors (Lipinski definition) is 8. The number of carbonyl (C=O) groups excluding carboxylic acids is 2. The Balaban J connectivity index is 3.97. The number of hydrogen-bond donors (Lipinski definition) is 2. The minimum Gasteiger partial charge on any atom is -0.462 e. The van der Waals surface area contributed by atoms with Gasteiger partial charge in [0, 0.05) is 19.4 Å². The number of nitrogens with two attached hydrogens (primary N) is 1. The minimum absolute atomic E-state index is 0.0533. The quantitative estimate of drug-likeness (QED) is 0.0264. The molecule has 9 nitrogen and oxygen atoms in total. The van der Waals surface area contributed by atoms with Crippen LogP contribution in [0.3, 0.4) is 0 Å². The van der Waals surface area contributed by atoms with Crippen molar-refractivity contribution in [1.82, 2.24) is 0 Å². The third-order valence-electron chi connectivity index (χ3n) is 12.0. The third kappa shape index (κ3) is 51.5. The second kappa shape index (κ2) is 51.6. The van der Waals surface area contributed by atoms with E-state index in [0.29, 0.717) is 6.42 Å². The SMILES string of the molecule is CCCCC/C=C\C/C=C\CCCCCCCCCCCC(=O)OC(COC(=O)CCCCCCCCCCCCCCC/C=C\CCCCCCCCCC)COP(=O)(O)OCCN. The Morgan fingerprint density at radius 3 is 1.22 bits per heavy atom. The van der Waals surface area contributed by atoms with Crippen LogP contribution < -0.4 is 5.73 Å². The highest BCUT2D eigenvalue weighted by molar-refractivity contribution is 7.47. The molecule has 382 valence electrons. The smallest absolute Gasteiger partial charge is 0.462 e. The Morgan fingerprint density at radius 1 is 0.462 bits per heavy atom. The van der Waals surface area contributed by atoms with E-state index in [1.54, 1.807) is 0 Å². The maximum Gasteiger partial charge on any atom is 0.472 e. The van der Waals surface area contributed by atoms with Gasteiger partial charge in [-0.15, -0.1) is 0 Å². The summed E-state index contributed by atoms with van der Waals surface area (Å²) in [6.45, 7) is 3.75. The summed E-state index contributed by atoms with van der Waals surface area (Å²) in [5.41, 5.74) is 5.37. The highest BCUT2D eigenvalue weighted by Gasteiger charge is 2.26. The van der Waals surface area contributed by atoms with Gasteiger partial charge in [0.05, 0.1) is 13.2 Å². The first-order valence-electron chi connectivity index (χ1n) is 27.5. The van der Waals surface area contributed by atoms with E-state index < -0.39 is 26.5 Å². The van der Waals surface area contributed by atoms with Crippen LogP contribution in [-0.4, -0.2) is 49.3 Å². The predicted octanol–water partition coefficient (Wildman–Crippen LogP) is 16.8. The van der Waals surface area contributed by atoms with Crippen LogP contribution >= 0.6 is 7.82 Å². The standard InChI is InChI=1S/C55H104NO8P/c1-3-5-7-9-11-13-15-17-19-21-23-24-25-26-27-28-30-31-33-35-37-39-41-43-45-47-54(57)61-51-53(52-63-65(59,60)62-50-49-56)64-55(58)48-46-44-42-40-38-36-34-32-29-22-20-18-16-14-12-10-8-6-4-2/h12,14,18,20-21,23,53H,3-11,13,15-17,19,22,24-52,56H2,1-2H3,(H,59,60)/b14-12-,20-18-,23-21-. The molecule has 0 aliphatic heterocycles. The average Bonchev–Trinajstić information content (AvgIpc) is 3.30. The molecule has 0 heterocycles. The van der Waals surface area contributed by atoms with Gasteiger partial charge in [-0.2, -0.15) is 0 Å². The van der Waals surface area contributed by atoms with Crippen LogP contribution in [0, 0.1) is 0 Å². The first kappa shape index (κ1) is 63.2. The summed E-state index contributed by atoms with van der Waals surface area (Å²) >= 11 is 0. The van der Waals surface area contributed by atoms with E-state index in [1.165, 1.54) is 186 Å². The highest BCUT2D eigenvalue weighted by atomic mass is 31.2. The largest absolute Gasteiger partial charge is 0.472 e. The van der Waals surface area contributed by atoms with Crippen molar-refractivity contribution in [3.63, 3.8) is 0 Å². The van der Waals surface area contributed by atoms with Crippen molar-refractivity contribution in [3.8, 4) is 0 Å². The van der Waals surface area contributed by atoms with E-state index in [9.17, 15) is 19.0 Å². The molecule has 0 fully saturated rings. The van der Waals surface area contributed by atoms with Gasteiger partial charge in [-0.25, -0.2) is 4.57 Å². The zero-order valence-corrected chi connectivity index (χ0v) is 43.4. The molecule has 0 saturated carbocycles. The fourth-order valence-corrected chi connectivity index (χ4v) is 8.66. The van der Waals surface area contributed by atoms with Crippen molar-refractivity contribution in [3.05, 3.63) is 36.5 Å². The van der Waals surface area contributed by atoms with Gasteiger partial charge >= 0.3 is 19.8 Å². The van der Waals surface area contributed by atoms with Gasteiger partial charge in [-0.1, -0.05) is 224 Å². The third-order valence-corrected chi connectivity index (χ3v) is 13.0. The molecule has 0 aromatic carbocycles. The zero-order valence-electron chi connectivity index (χ0n) is 42.5. The first-order valence-corrected chi connectivity index (χ1v) is 29.0. The normalized spacial score (nSPS) is 13.4. The molecule has 0 spiro atoms. The van der Waals surface area contributed by atoms with Crippen molar-refractivity contribution in [1.29, 1.82) is 0 Å². The highest BCUT2D eigenvalue weighted by Crippen LogP contribution is 2.43. The van der Waals surface area contributed by atoms with Gasteiger partial charge in [-0.3, -0.25) is 18.6 Å². The Hall–Kier alpha value is -1.77. The summed E-state index contributed by atoms with van der Waals surface area (Å²) in [6.07, 6.45) is 60.5. The zero-order chi connectivity index (χ0) is 47.4. The molecule has 65 heavy (non-hydrogen) atoms. The van der Waals surface area contributed by atoms with E-state index in [-0.39, 0.29) is 38.6 Å². The molecule has 0 aromatic rings. The summed E-state index contributed by atoms with van der Waals surface area (Å²) < 4.78 is 33.0. The Bertz CT molecular complexity index is 1160. The molecule has 3 N–H and O–H groups in total. The van der Waals surface area contributed by atoms with E-state index in [4.69, 9.17) is 24.3 Å². The number of unbranched alkanes of at least 4 members (excludes halogenated alkanes) is 33. The molecule has 10 heteroatoms. The lowest BCUT2D eigenvalue weighted by molar-refractivity contribution is -0.161. The van der Waals surface area contributed by atoms with Crippen molar-refractivity contribution in [2.45, 2.75) is 277 Å². The number of rotatable bonds is 52. The topological polar surface area (TPSA) is 134 Å². The van der Waals surface area contributed by atoms with Gasteiger partial charge in [0.2, 0.25) is 0 Å². The molecule has 0 saturated heterocycles. The number of phosphoric acid groups is 1. The molecular weight excluding hydrogens is 834 g/mol. The van der Waals surface area contributed by atoms with E-state index in [2.05, 4.69) is 50.3 Å². The van der Waals surface area contributed by atoms with E-state index in [1.807, 2.05) is 0 Å². The van der Waals surface area contributed by atoms with Crippen LogP contribution in [0.2, 0.25) is 0 Å². The maximum absolute atomic E-state index is 12.7. The summed E-state index contributed by atoms with van der Waals surface area (Å²) in [6, 6.07) is 0. The van der Waals surface area contributed by atoms with Gasteiger partial charge in [-0.05, 0) is 70.6 Å². The monoisotopic (exact) mass is 938 g/mol. The number of carbonyl (C=O) groups is 2. The summed E-state index contributed by atoms with van der Waals surface area (Å²) in [4.78, 5) is 35.1. The fourth-order valence-electron chi connectivity index (χ4n) is 7.90. The molecule has 0 bridgehead atoms. The van der Waals surface area contributed by atoms with Crippen LogP contribution in [0.25, 0.3) is 0 Å². The lowest BCUT2D eigenvalue weighted by Crippen LogP contribution is -2.29. The summed E-state index contributed by atoms with van der Waals surface area (Å²) in [5, 5.41) is 0. The Morgan fingerprint density at radius 2 is 0.800 bits per heavy atom. The van der Waals surface area contributed by atoms with Crippen LogP contribution in [-0.2, 0) is 32.7 Å². The molecule has 2 atom stereocenters. The number of esters is 2. The molecule has 0 rings (SSSR count). The van der Waals surface area contributed by atoms with Crippen LogP contribution in [0.5, 0.6) is 0 Å². The summed E-state index contributed by atoms with van der Waals surface area (Å²) in [5.74, 6) is -0.822. The number of allylic oxidation sites excluding steroid dienone is 6. The lowest BCUT2D eigenvalue weighted by Gasteiger charge is -2.19. The van der Waals surface area contributed by atoms with Gasteiger partial charge in [0.1, 0.15) is 6.61 Å². The summed E-state index contributed by atoms with van der Waals surface area (Å²) in [7, 11) is -4.38.